The van der Waals surface area contributed by atoms with Gasteiger partial charge in [0.05, 0.1) is 17.8 Å². The summed E-state index contributed by atoms with van der Waals surface area (Å²) in [5, 5.41) is 8.39. The Bertz CT molecular complexity index is 873. The van der Waals surface area contributed by atoms with Gasteiger partial charge in [0.25, 0.3) is 0 Å². The molecular weight excluding hydrogens is 350 g/mol. The van der Waals surface area contributed by atoms with Crippen LogP contribution in [0, 0.1) is 6.92 Å². The van der Waals surface area contributed by atoms with Crippen LogP contribution in [0.5, 0.6) is 0 Å². The van der Waals surface area contributed by atoms with Crippen LogP contribution in [0.1, 0.15) is 37.7 Å². The van der Waals surface area contributed by atoms with E-state index in [2.05, 4.69) is 67.2 Å². The lowest BCUT2D eigenvalue weighted by Crippen LogP contribution is -2.16. The van der Waals surface area contributed by atoms with Crippen molar-refractivity contribution in [2.24, 2.45) is 0 Å². The highest BCUT2D eigenvalue weighted by atomic mass is 32.1. The summed E-state index contributed by atoms with van der Waals surface area (Å²) >= 11 is 3.02. The molecule has 0 radical (unpaired) electrons. The molecule has 0 aliphatic heterocycles. The lowest BCUT2D eigenvalue weighted by atomic mass is 9.93. The maximum atomic E-state index is 12.3. The molecule has 130 valence electrons. The monoisotopic (exact) mass is 371 g/mol. The average Bonchev–Trinajstić information content (AvgIpc) is 3.17. The van der Waals surface area contributed by atoms with Gasteiger partial charge in [-0.1, -0.05) is 50.6 Å². The van der Waals surface area contributed by atoms with E-state index in [9.17, 15) is 4.79 Å². The molecule has 2 heterocycles. The predicted molar refractivity (Wildman–Crippen MR) is 105 cm³/mol. The summed E-state index contributed by atoms with van der Waals surface area (Å²) in [6.45, 7) is 8.38. The lowest BCUT2D eigenvalue weighted by molar-refractivity contribution is -0.115. The van der Waals surface area contributed by atoms with Crippen molar-refractivity contribution in [3.05, 3.63) is 52.0 Å². The van der Waals surface area contributed by atoms with Crippen molar-refractivity contribution in [1.82, 2.24) is 9.97 Å². The number of carbonyl (C=O) groups excluding carboxylic acids is 1. The van der Waals surface area contributed by atoms with E-state index in [-0.39, 0.29) is 17.7 Å². The quantitative estimate of drug-likeness (QED) is 0.698. The van der Waals surface area contributed by atoms with E-state index in [1.54, 1.807) is 11.3 Å². The van der Waals surface area contributed by atoms with Gasteiger partial charge in [0.2, 0.25) is 5.91 Å². The summed E-state index contributed by atoms with van der Waals surface area (Å²) in [6.07, 6.45) is 0.257. The Morgan fingerprint density at radius 3 is 2.44 bits per heavy atom. The minimum absolute atomic E-state index is 0.0165. The molecule has 0 saturated carbocycles. The van der Waals surface area contributed by atoms with Gasteiger partial charge in [0.1, 0.15) is 5.01 Å². The Balaban J connectivity index is 1.64. The van der Waals surface area contributed by atoms with E-state index in [1.807, 2.05) is 10.8 Å². The number of carbonyl (C=O) groups is 1. The standard InChI is InChI=1S/C19H21N3OS2/c1-12-5-7-13(8-6-12)17-20-14(10-24-17)9-16(23)22-18-21-15(11-25-18)19(2,3)4/h5-8,10-11H,9H2,1-4H3,(H,21,22,23). The van der Waals surface area contributed by atoms with Gasteiger partial charge in [0.15, 0.2) is 5.13 Å². The van der Waals surface area contributed by atoms with E-state index in [0.29, 0.717) is 5.13 Å². The van der Waals surface area contributed by atoms with Gasteiger partial charge in [-0.2, -0.15) is 0 Å². The first kappa shape index (κ1) is 17.8. The molecule has 0 atom stereocenters. The average molecular weight is 372 g/mol. The zero-order valence-electron chi connectivity index (χ0n) is 14.8. The fraction of sp³-hybridized carbons (Fsp3) is 0.316. The number of benzene rings is 1. The fourth-order valence-electron chi connectivity index (χ4n) is 2.22. The number of anilines is 1. The molecule has 0 aliphatic rings. The molecule has 0 spiro atoms. The zero-order chi connectivity index (χ0) is 18.0. The molecule has 3 aromatic rings. The van der Waals surface area contributed by atoms with Gasteiger partial charge in [-0.3, -0.25) is 4.79 Å². The SMILES string of the molecule is Cc1ccc(-c2nc(CC(=O)Nc3nc(C(C)(C)C)cs3)cs2)cc1. The number of hydrogen-bond donors (Lipinski definition) is 1. The second kappa shape index (κ2) is 7.06. The van der Waals surface area contributed by atoms with Crippen LogP contribution in [0.15, 0.2) is 35.0 Å². The summed E-state index contributed by atoms with van der Waals surface area (Å²) in [5.41, 5.74) is 4.06. The maximum Gasteiger partial charge on any atom is 0.232 e. The molecule has 25 heavy (non-hydrogen) atoms. The number of nitrogens with zero attached hydrogens (tertiary/aromatic N) is 2. The van der Waals surface area contributed by atoms with Crippen LogP contribution in [-0.4, -0.2) is 15.9 Å². The summed E-state index contributed by atoms with van der Waals surface area (Å²) in [7, 11) is 0. The third-order valence-corrected chi connectivity index (χ3v) is 5.41. The molecule has 0 saturated heterocycles. The van der Waals surface area contributed by atoms with Crippen LogP contribution in [0.4, 0.5) is 5.13 Å². The number of amides is 1. The Kier molecular flexibility index (Phi) is 5.01. The number of aryl methyl sites for hydroxylation is 1. The minimum atomic E-state index is -0.0874. The Morgan fingerprint density at radius 2 is 1.80 bits per heavy atom. The molecule has 4 nitrogen and oxygen atoms in total. The molecule has 0 fully saturated rings. The van der Waals surface area contributed by atoms with Gasteiger partial charge in [-0.05, 0) is 6.92 Å². The topological polar surface area (TPSA) is 54.9 Å². The van der Waals surface area contributed by atoms with Crippen LogP contribution in [0.25, 0.3) is 10.6 Å². The van der Waals surface area contributed by atoms with Crippen molar-refractivity contribution < 1.29 is 4.79 Å². The highest BCUT2D eigenvalue weighted by Gasteiger charge is 2.18. The molecule has 0 aliphatic carbocycles. The molecule has 0 bridgehead atoms. The Labute approximate surface area is 156 Å². The fourth-order valence-corrected chi connectivity index (χ4v) is 4.00. The van der Waals surface area contributed by atoms with Gasteiger partial charge >= 0.3 is 0 Å². The highest BCUT2D eigenvalue weighted by Crippen LogP contribution is 2.27. The summed E-state index contributed by atoms with van der Waals surface area (Å²) in [5.74, 6) is -0.0874. The van der Waals surface area contributed by atoms with Gasteiger partial charge in [-0.15, -0.1) is 22.7 Å². The lowest BCUT2D eigenvalue weighted by Gasteiger charge is -2.14. The van der Waals surface area contributed by atoms with Crippen molar-refractivity contribution in [2.45, 2.75) is 39.5 Å². The van der Waals surface area contributed by atoms with Gasteiger partial charge in [-0.25, -0.2) is 9.97 Å². The van der Waals surface area contributed by atoms with Crippen molar-refractivity contribution in [1.29, 1.82) is 0 Å². The molecule has 1 N–H and O–H groups in total. The van der Waals surface area contributed by atoms with Crippen molar-refractivity contribution in [3.63, 3.8) is 0 Å². The summed E-state index contributed by atoms with van der Waals surface area (Å²) in [6, 6.07) is 8.25. The largest absolute Gasteiger partial charge is 0.302 e. The van der Waals surface area contributed by atoms with Gasteiger partial charge in [0, 0.05) is 21.7 Å². The molecule has 2 aromatic heterocycles. The summed E-state index contributed by atoms with van der Waals surface area (Å²) < 4.78 is 0. The number of hydrogen-bond acceptors (Lipinski definition) is 5. The predicted octanol–water partition coefficient (Wildman–Crippen LogP) is 5.05. The van der Waals surface area contributed by atoms with E-state index < -0.39 is 0 Å². The van der Waals surface area contributed by atoms with Crippen LogP contribution in [0.2, 0.25) is 0 Å². The number of thiazole rings is 2. The smallest absolute Gasteiger partial charge is 0.232 e. The zero-order valence-corrected chi connectivity index (χ0v) is 16.4. The molecule has 1 amide bonds. The van der Waals surface area contributed by atoms with E-state index in [4.69, 9.17) is 0 Å². The second-order valence-corrected chi connectivity index (χ2v) is 8.74. The number of nitrogens with one attached hydrogen (secondary N) is 1. The third-order valence-electron chi connectivity index (χ3n) is 3.71. The van der Waals surface area contributed by atoms with Crippen LogP contribution in [0.3, 0.4) is 0 Å². The second-order valence-electron chi connectivity index (χ2n) is 7.02. The van der Waals surface area contributed by atoms with Crippen LogP contribution in [-0.2, 0) is 16.6 Å². The normalized spacial score (nSPS) is 11.5. The molecule has 6 heteroatoms. The van der Waals surface area contributed by atoms with Crippen molar-refractivity contribution in [3.8, 4) is 10.6 Å². The first-order valence-corrected chi connectivity index (χ1v) is 9.84. The first-order valence-electron chi connectivity index (χ1n) is 8.08. The highest BCUT2D eigenvalue weighted by molar-refractivity contribution is 7.14. The summed E-state index contributed by atoms with van der Waals surface area (Å²) in [4.78, 5) is 21.3. The number of rotatable bonds is 4. The van der Waals surface area contributed by atoms with E-state index in [0.717, 1.165) is 22.0 Å². The van der Waals surface area contributed by atoms with E-state index in [1.165, 1.54) is 16.9 Å². The number of aromatic nitrogens is 2. The van der Waals surface area contributed by atoms with Gasteiger partial charge < -0.3 is 5.32 Å². The molecular formula is C19H21N3OS2. The first-order chi connectivity index (χ1) is 11.8. The Morgan fingerprint density at radius 1 is 1.08 bits per heavy atom. The van der Waals surface area contributed by atoms with Crippen molar-refractivity contribution >= 4 is 33.7 Å². The maximum absolute atomic E-state index is 12.3. The molecule has 0 unspecified atom stereocenters. The molecule has 3 rings (SSSR count). The third kappa shape index (κ3) is 4.52. The van der Waals surface area contributed by atoms with Crippen LogP contribution < -0.4 is 5.32 Å². The Hall–Kier alpha value is -2.05. The minimum Gasteiger partial charge on any atom is -0.302 e. The van der Waals surface area contributed by atoms with Crippen LogP contribution >= 0.6 is 22.7 Å². The molecule has 1 aromatic carbocycles. The van der Waals surface area contributed by atoms with Crippen molar-refractivity contribution in [2.75, 3.05) is 5.32 Å². The van der Waals surface area contributed by atoms with E-state index >= 15 is 0 Å².